The Morgan fingerprint density at radius 1 is 1.22 bits per heavy atom. The van der Waals surface area contributed by atoms with Gasteiger partial charge in [0.25, 0.3) is 0 Å². The molecule has 0 atom stereocenters. The van der Waals surface area contributed by atoms with Gasteiger partial charge in [0.2, 0.25) is 0 Å². The van der Waals surface area contributed by atoms with E-state index in [-0.39, 0.29) is 22.3 Å². The first-order chi connectivity index (χ1) is 2.89. The highest BCUT2D eigenvalue weighted by Gasteiger charge is 1.69. The summed E-state index contributed by atoms with van der Waals surface area (Å²) in [5, 5.41) is 0. The van der Waals surface area contributed by atoms with Crippen molar-refractivity contribution in [2.75, 3.05) is 0 Å². The van der Waals surface area contributed by atoms with Gasteiger partial charge in [-0.1, -0.05) is 22.3 Å². The molecule has 0 aliphatic heterocycles. The van der Waals surface area contributed by atoms with Crippen LogP contribution in [0, 0.1) is 0 Å². The maximum Gasteiger partial charge on any atom is 0.0943 e. The molecule has 0 radical (unpaired) electrons. The molecule has 0 fully saturated rings. The van der Waals surface area contributed by atoms with Crippen molar-refractivity contribution in [2.45, 2.75) is 22.3 Å². The summed E-state index contributed by atoms with van der Waals surface area (Å²) in [6.45, 7) is 0. The van der Waals surface area contributed by atoms with Crippen LogP contribution < -0.4 is 0 Å². The minimum Gasteiger partial charge on any atom is -0.341 e. The first-order valence-electron chi connectivity index (χ1n) is 1.81. The standard InChI is InChI=1S/C4H6N2.3CH4/c1-6-3-2-5-4-6;;;/h2-4H,1H3;3*1H4. The Kier molecular flexibility index (Phi) is 12.6. The molecule has 0 saturated heterocycles. The van der Waals surface area contributed by atoms with Gasteiger partial charge in [-0.3, -0.25) is 0 Å². The van der Waals surface area contributed by atoms with Crippen LogP contribution in [0.5, 0.6) is 0 Å². The van der Waals surface area contributed by atoms with Gasteiger partial charge in [0.1, 0.15) is 0 Å². The van der Waals surface area contributed by atoms with Crippen molar-refractivity contribution >= 4 is 0 Å². The van der Waals surface area contributed by atoms with Gasteiger partial charge in [-0.25, -0.2) is 4.98 Å². The Morgan fingerprint density at radius 2 is 1.78 bits per heavy atom. The highest BCUT2D eigenvalue weighted by Crippen LogP contribution is 1.73. The van der Waals surface area contributed by atoms with Crippen molar-refractivity contribution < 1.29 is 0 Å². The summed E-state index contributed by atoms with van der Waals surface area (Å²) in [4.78, 5) is 3.78. The largest absolute Gasteiger partial charge is 0.341 e. The van der Waals surface area contributed by atoms with E-state index in [0.717, 1.165) is 0 Å². The van der Waals surface area contributed by atoms with E-state index in [9.17, 15) is 0 Å². The average molecular weight is 130 g/mol. The van der Waals surface area contributed by atoms with Crippen LogP contribution in [0.1, 0.15) is 22.3 Å². The molecular weight excluding hydrogens is 112 g/mol. The van der Waals surface area contributed by atoms with Crippen molar-refractivity contribution in [1.29, 1.82) is 0 Å². The SMILES string of the molecule is C.C.C.Cn1ccnc1. The molecule has 0 bridgehead atoms. The zero-order chi connectivity index (χ0) is 4.41. The van der Waals surface area contributed by atoms with E-state index in [4.69, 9.17) is 0 Å². The zero-order valence-electron chi connectivity index (χ0n) is 3.63. The van der Waals surface area contributed by atoms with Gasteiger partial charge in [0.15, 0.2) is 0 Å². The lowest BCUT2D eigenvalue weighted by Gasteiger charge is -1.76. The second kappa shape index (κ2) is 7.21. The number of imidazole rings is 1. The van der Waals surface area contributed by atoms with Crippen LogP contribution in [0.4, 0.5) is 0 Å². The smallest absolute Gasteiger partial charge is 0.0943 e. The molecule has 0 N–H and O–H groups in total. The number of hydrogen-bond acceptors (Lipinski definition) is 1. The summed E-state index contributed by atoms with van der Waals surface area (Å²) in [6, 6.07) is 0. The van der Waals surface area contributed by atoms with Crippen molar-refractivity contribution in [3.05, 3.63) is 18.7 Å². The van der Waals surface area contributed by atoms with E-state index in [1.807, 2.05) is 17.8 Å². The Balaban J connectivity index is -0.000000120. The van der Waals surface area contributed by atoms with Gasteiger partial charge in [-0.05, 0) is 0 Å². The molecule has 2 heteroatoms. The van der Waals surface area contributed by atoms with Crippen LogP contribution in [-0.2, 0) is 7.05 Å². The maximum atomic E-state index is 3.78. The molecule has 9 heavy (non-hydrogen) atoms. The first kappa shape index (κ1) is 15.7. The number of aromatic nitrogens is 2. The van der Waals surface area contributed by atoms with E-state index in [2.05, 4.69) is 4.98 Å². The molecule has 0 amide bonds. The fourth-order valence-corrected chi connectivity index (χ4v) is 0.326. The number of nitrogens with zero attached hydrogens (tertiary/aromatic N) is 2. The van der Waals surface area contributed by atoms with Crippen LogP contribution in [-0.4, -0.2) is 9.55 Å². The van der Waals surface area contributed by atoms with Gasteiger partial charge in [0.05, 0.1) is 6.33 Å². The van der Waals surface area contributed by atoms with Gasteiger partial charge in [0, 0.05) is 19.4 Å². The highest BCUT2D eigenvalue weighted by atomic mass is 15.0. The van der Waals surface area contributed by atoms with Crippen molar-refractivity contribution in [2.24, 2.45) is 7.05 Å². The van der Waals surface area contributed by atoms with Crippen LogP contribution in [0.15, 0.2) is 18.7 Å². The van der Waals surface area contributed by atoms with Gasteiger partial charge >= 0.3 is 0 Å². The summed E-state index contributed by atoms with van der Waals surface area (Å²) >= 11 is 0. The molecule has 1 rings (SSSR count). The van der Waals surface area contributed by atoms with Crippen LogP contribution in [0.25, 0.3) is 0 Å². The van der Waals surface area contributed by atoms with Crippen molar-refractivity contribution in [3.63, 3.8) is 0 Å². The molecule has 0 spiro atoms. The predicted molar refractivity (Wildman–Crippen MR) is 43.4 cm³/mol. The summed E-state index contributed by atoms with van der Waals surface area (Å²) in [7, 11) is 1.94. The third-order valence-corrected chi connectivity index (χ3v) is 0.637. The Labute approximate surface area is 58.5 Å². The number of aryl methyl sites for hydroxylation is 1. The van der Waals surface area contributed by atoms with Crippen LogP contribution in [0.3, 0.4) is 0 Å². The van der Waals surface area contributed by atoms with Gasteiger partial charge < -0.3 is 4.57 Å². The summed E-state index contributed by atoms with van der Waals surface area (Å²) in [6.07, 6.45) is 5.39. The van der Waals surface area contributed by atoms with Crippen LogP contribution in [0.2, 0.25) is 0 Å². The second-order valence-electron chi connectivity index (χ2n) is 1.23. The highest BCUT2D eigenvalue weighted by molar-refractivity contribution is 4.70. The molecular formula is C7H18N2. The zero-order valence-corrected chi connectivity index (χ0v) is 3.63. The summed E-state index contributed by atoms with van der Waals surface area (Å²) in [5.41, 5.74) is 0. The number of rotatable bonds is 0. The molecule has 0 unspecified atom stereocenters. The second-order valence-corrected chi connectivity index (χ2v) is 1.23. The van der Waals surface area contributed by atoms with Crippen molar-refractivity contribution in [1.82, 2.24) is 9.55 Å². The Morgan fingerprint density at radius 3 is 1.89 bits per heavy atom. The molecule has 1 aromatic heterocycles. The number of hydrogen-bond donors (Lipinski definition) is 0. The third kappa shape index (κ3) is 5.07. The lowest BCUT2D eigenvalue weighted by molar-refractivity contribution is 0.913. The fourth-order valence-electron chi connectivity index (χ4n) is 0.326. The van der Waals surface area contributed by atoms with Gasteiger partial charge in [-0.2, -0.15) is 0 Å². The lowest BCUT2D eigenvalue weighted by atomic mass is 10.9. The molecule has 0 aliphatic carbocycles. The normalized spacial score (nSPS) is 5.89. The van der Waals surface area contributed by atoms with Crippen molar-refractivity contribution in [3.8, 4) is 0 Å². The van der Waals surface area contributed by atoms with E-state index in [0.29, 0.717) is 0 Å². The molecule has 1 aromatic rings. The Bertz CT molecular complexity index is 110. The molecule has 2 nitrogen and oxygen atoms in total. The van der Waals surface area contributed by atoms with E-state index >= 15 is 0 Å². The van der Waals surface area contributed by atoms with E-state index < -0.39 is 0 Å². The Hall–Kier alpha value is -0.790. The van der Waals surface area contributed by atoms with E-state index in [1.54, 1.807) is 12.5 Å². The minimum atomic E-state index is 0. The monoisotopic (exact) mass is 130 g/mol. The minimum absolute atomic E-state index is 0. The lowest BCUT2D eigenvalue weighted by Crippen LogP contribution is -1.76. The third-order valence-electron chi connectivity index (χ3n) is 0.637. The molecule has 1 heterocycles. The molecule has 56 valence electrons. The maximum absolute atomic E-state index is 3.78. The summed E-state index contributed by atoms with van der Waals surface area (Å²) in [5.74, 6) is 0. The molecule has 0 aromatic carbocycles. The molecule has 0 aliphatic rings. The average Bonchev–Trinajstić information content (AvgIpc) is 1.86. The predicted octanol–water partition coefficient (Wildman–Crippen LogP) is 2.33. The summed E-state index contributed by atoms with van der Waals surface area (Å²) < 4.78 is 1.89. The first-order valence-corrected chi connectivity index (χ1v) is 1.81. The fraction of sp³-hybridized carbons (Fsp3) is 0.571. The van der Waals surface area contributed by atoms with E-state index in [1.165, 1.54) is 0 Å². The topological polar surface area (TPSA) is 17.8 Å². The van der Waals surface area contributed by atoms with Gasteiger partial charge in [-0.15, -0.1) is 0 Å². The molecule has 0 saturated carbocycles. The quantitative estimate of drug-likeness (QED) is 0.527. The van der Waals surface area contributed by atoms with Crippen LogP contribution >= 0.6 is 0 Å².